The van der Waals surface area contributed by atoms with E-state index in [1.165, 1.54) is 62.8 Å². The number of hydrogen-bond donors (Lipinski definition) is 3. The average molecular weight is 652 g/mol. The van der Waals surface area contributed by atoms with Gasteiger partial charge in [0.1, 0.15) is 5.75 Å². The Morgan fingerprint density at radius 2 is 1.34 bits per heavy atom. The highest BCUT2D eigenvalue weighted by molar-refractivity contribution is 5.84. The maximum atomic E-state index is 13.1. The Morgan fingerprint density at radius 3 is 2.00 bits per heavy atom. The normalized spacial score (nSPS) is 10.9. The largest absolute Gasteiger partial charge is 0.494 e. The van der Waals surface area contributed by atoms with Gasteiger partial charge >= 0.3 is 0 Å². The van der Waals surface area contributed by atoms with Gasteiger partial charge in [-0.3, -0.25) is 24.8 Å². The van der Waals surface area contributed by atoms with Crippen molar-refractivity contribution >= 4 is 23.4 Å². The van der Waals surface area contributed by atoms with Crippen LogP contribution in [0.3, 0.4) is 0 Å². The summed E-state index contributed by atoms with van der Waals surface area (Å²) in [5.74, 6) is 0.411. The third-order valence-corrected chi connectivity index (χ3v) is 8.00. The fourth-order valence-corrected chi connectivity index (χ4v) is 5.18. The van der Waals surface area contributed by atoms with Crippen molar-refractivity contribution in [1.82, 2.24) is 20.7 Å². The zero-order valence-corrected chi connectivity index (χ0v) is 29.4. The molecule has 0 atom stereocenters. The Labute approximate surface area is 284 Å². The number of ether oxygens (including phenoxy) is 1. The van der Waals surface area contributed by atoms with Gasteiger partial charge in [0.25, 0.3) is 5.91 Å². The van der Waals surface area contributed by atoms with E-state index in [2.05, 4.69) is 23.0 Å². The highest BCUT2D eigenvalue weighted by Gasteiger charge is 2.16. The van der Waals surface area contributed by atoms with Crippen molar-refractivity contribution in [1.29, 1.82) is 0 Å². The molecule has 0 aromatic heterocycles. The van der Waals surface area contributed by atoms with Crippen molar-refractivity contribution < 1.29 is 19.1 Å². The minimum absolute atomic E-state index is 0.0429. The smallest absolute Gasteiger partial charge is 0.260 e. The molecule has 0 aliphatic rings. The molecule has 9 nitrogen and oxygen atoms in total. The van der Waals surface area contributed by atoms with Crippen molar-refractivity contribution in [2.75, 3.05) is 52.2 Å². The molecule has 3 amide bonds. The monoisotopic (exact) mass is 651 g/mol. The summed E-state index contributed by atoms with van der Waals surface area (Å²) in [6.07, 6.45) is 15.7. The third kappa shape index (κ3) is 20.3. The molecule has 2 aromatic carbocycles. The van der Waals surface area contributed by atoms with Crippen LogP contribution in [0.5, 0.6) is 5.75 Å². The molecule has 262 valence electrons. The first-order valence-electron chi connectivity index (χ1n) is 17.9. The van der Waals surface area contributed by atoms with Crippen LogP contribution in [0.2, 0.25) is 0 Å². The zero-order chi connectivity index (χ0) is 34.0. The van der Waals surface area contributed by atoms with E-state index in [1.54, 1.807) is 0 Å². The van der Waals surface area contributed by atoms with Crippen LogP contribution in [0, 0.1) is 0 Å². The molecule has 9 heteroatoms. The first kappa shape index (κ1) is 39.6. The van der Waals surface area contributed by atoms with Crippen LogP contribution in [-0.2, 0) is 20.8 Å². The van der Waals surface area contributed by atoms with Crippen LogP contribution < -0.4 is 20.8 Å². The summed E-state index contributed by atoms with van der Waals surface area (Å²) in [5, 5.41) is 7.60. The third-order valence-electron chi connectivity index (χ3n) is 8.00. The van der Waals surface area contributed by atoms with E-state index in [0.717, 1.165) is 37.2 Å². The molecule has 0 aliphatic heterocycles. The van der Waals surface area contributed by atoms with Crippen LogP contribution in [0.25, 0.3) is 0 Å². The maximum absolute atomic E-state index is 13.1. The fourth-order valence-electron chi connectivity index (χ4n) is 5.18. The topological polar surface area (TPSA) is 103 Å². The summed E-state index contributed by atoms with van der Waals surface area (Å²) in [7, 11) is 3.94. The molecule has 0 bridgehead atoms. The van der Waals surface area contributed by atoms with Gasteiger partial charge < -0.3 is 20.3 Å². The predicted octanol–water partition coefficient (Wildman–Crippen LogP) is 6.74. The number of nitrogens with one attached hydrogen (secondary N) is 3. The molecule has 0 spiro atoms. The van der Waals surface area contributed by atoms with Gasteiger partial charge in [-0.25, -0.2) is 0 Å². The van der Waals surface area contributed by atoms with E-state index in [0.29, 0.717) is 44.6 Å². The van der Waals surface area contributed by atoms with Crippen LogP contribution in [-0.4, -0.2) is 74.5 Å². The van der Waals surface area contributed by atoms with Gasteiger partial charge in [-0.2, -0.15) is 0 Å². The zero-order valence-electron chi connectivity index (χ0n) is 29.4. The maximum Gasteiger partial charge on any atom is 0.260 e. The minimum Gasteiger partial charge on any atom is -0.494 e. The molecule has 47 heavy (non-hydrogen) atoms. The summed E-state index contributed by atoms with van der Waals surface area (Å²) in [6.45, 7) is 4.70. The van der Waals surface area contributed by atoms with Crippen molar-refractivity contribution in [2.45, 2.75) is 103 Å². The first-order valence-corrected chi connectivity index (χ1v) is 17.9. The van der Waals surface area contributed by atoms with Crippen molar-refractivity contribution in [3.05, 3.63) is 60.2 Å². The highest BCUT2D eigenvalue weighted by Crippen LogP contribution is 2.16. The molecular weight excluding hydrogens is 590 g/mol. The molecule has 2 aromatic rings. The number of rotatable bonds is 26. The number of anilines is 1. The first-order chi connectivity index (χ1) is 22.9. The Bertz CT molecular complexity index is 1110. The van der Waals surface area contributed by atoms with E-state index >= 15 is 0 Å². The SMILES string of the molecule is CCCCCCCCCCCCNC(=O)CCCOc1ccc(NCC(=O)N(CCc2ccccc2)NC(=O)CCCN(C)C)cc1. The molecule has 0 unspecified atom stereocenters. The Balaban J connectivity index is 1.63. The second-order valence-electron chi connectivity index (χ2n) is 12.6. The number of hydrazine groups is 1. The van der Waals surface area contributed by atoms with Crippen LogP contribution in [0.15, 0.2) is 54.6 Å². The van der Waals surface area contributed by atoms with Crippen LogP contribution in [0.4, 0.5) is 5.69 Å². The number of amides is 3. The number of hydrogen-bond acceptors (Lipinski definition) is 6. The fraction of sp³-hybridized carbons (Fsp3) is 0.605. The lowest BCUT2D eigenvalue weighted by atomic mass is 10.1. The Kier molecular flexibility index (Phi) is 21.5. The molecule has 0 saturated carbocycles. The quantitative estimate of drug-likeness (QED) is 0.0770. The van der Waals surface area contributed by atoms with E-state index in [9.17, 15) is 14.4 Å². The van der Waals surface area contributed by atoms with Crippen molar-refractivity contribution in [3.8, 4) is 5.75 Å². The lowest BCUT2D eigenvalue weighted by Gasteiger charge is -2.24. The second-order valence-corrected chi connectivity index (χ2v) is 12.6. The van der Waals surface area contributed by atoms with Gasteiger partial charge in [-0.1, -0.05) is 95.0 Å². The van der Waals surface area contributed by atoms with Crippen LogP contribution >= 0.6 is 0 Å². The predicted molar refractivity (Wildman–Crippen MR) is 192 cm³/mol. The Hall–Kier alpha value is -3.59. The van der Waals surface area contributed by atoms with E-state index in [4.69, 9.17) is 4.74 Å². The molecular formula is C38H61N5O4. The molecule has 3 N–H and O–H groups in total. The lowest BCUT2D eigenvalue weighted by molar-refractivity contribution is -0.140. The van der Waals surface area contributed by atoms with E-state index in [1.807, 2.05) is 73.6 Å². The standard InChI is InChI=1S/C38H61N5O4/c1-4-5-6-7-8-9-10-11-12-16-28-39-36(44)22-18-31-47-35-25-23-34(24-26-35)40-32-38(46)43(30-27-33-19-14-13-15-20-33)41-37(45)21-17-29-42(2)3/h13-15,19-20,23-26,40H,4-12,16-18,21-22,27-32H2,1-3H3,(H,39,44)(H,41,45). The van der Waals surface area contributed by atoms with E-state index in [-0.39, 0.29) is 24.3 Å². The summed E-state index contributed by atoms with van der Waals surface area (Å²) in [4.78, 5) is 39.8. The molecule has 0 saturated heterocycles. The number of unbranched alkanes of at least 4 members (excludes halogenated alkanes) is 9. The van der Waals surface area contributed by atoms with Crippen molar-refractivity contribution in [2.24, 2.45) is 0 Å². The van der Waals surface area contributed by atoms with Gasteiger partial charge in [0.15, 0.2) is 0 Å². The van der Waals surface area contributed by atoms with Gasteiger partial charge in [0.2, 0.25) is 11.8 Å². The molecule has 2 rings (SSSR count). The van der Waals surface area contributed by atoms with Gasteiger partial charge in [0, 0.05) is 31.6 Å². The second kappa shape index (κ2) is 25.5. The number of carbonyl (C=O) groups is 3. The summed E-state index contributed by atoms with van der Waals surface area (Å²) < 4.78 is 5.82. The van der Waals surface area contributed by atoms with Gasteiger partial charge in [0.05, 0.1) is 13.2 Å². The molecule has 0 radical (unpaired) electrons. The summed E-state index contributed by atoms with van der Waals surface area (Å²) in [6, 6.07) is 17.3. The van der Waals surface area contributed by atoms with Crippen molar-refractivity contribution in [3.63, 3.8) is 0 Å². The van der Waals surface area contributed by atoms with Gasteiger partial charge in [-0.15, -0.1) is 0 Å². The molecule has 0 aliphatic carbocycles. The molecule has 0 fully saturated rings. The van der Waals surface area contributed by atoms with Gasteiger partial charge in [-0.05, 0) is 76.2 Å². The lowest BCUT2D eigenvalue weighted by Crippen LogP contribution is -2.49. The number of carbonyl (C=O) groups excluding carboxylic acids is 3. The number of nitrogens with zero attached hydrogens (tertiary/aromatic N) is 2. The molecule has 0 heterocycles. The number of benzene rings is 2. The van der Waals surface area contributed by atoms with Crippen LogP contribution in [0.1, 0.15) is 102 Å². The summed E-state index contributed by atoms with van der Waals surface area (Å²) >= 11 is 0. The average Bonchev–Trinajstić information content (AvgIpc) is 3.07. The Morgan fingerprint density at radius 1 is 0.702 bits per heavy atom. The minimum atomic E-state index is -0.214. The highest BCUT2D eigenvalue weighted by atomic mass is 16.5. The summed E-state index contributed by atoms with van der Waals surface area (Å²) in [5.41, 5.74) is 4.68. The van der Waals surface area contributed by atoms with E-state index < -0.39 is 0 Å².